The van der Waals surface area contributed by atoms with E-state index >= 15 is 0 Å². The molecule has 0 bridgehead atoms. The topological polar surface area (TPSA) is 98.1 Å². The number of aromatic carboxylic acids is 1. The Morgan fingerprint density at radius 1 is 1.31 bits per heavy atom. The van der Waals surface area contributed by atoms with Crippen molar-refractivity contribution in [3.63, 3.8) is 0 Å². The molecule has 0 aromatic carbocycles. The van der Waals surface area contributed by atoms with Crippen LogP contribution < -0.4 is 4.74 Å². The number of nitrogens with zero attached hydrogens (tertiary/aromatic N) is 4. The van der Waals surface area contributed by atoms with Gasteiger partial charge in [0.1, 0.15) is 0 Å². The maximum absolute atomic E-state index is 10.8. The number of hydrogen-bond acceptors (Lipinski definition) is 6. The van der Waals surface area contributed by atoms with Crippen LogP contribution in [0, 0.1) is 0 Å². The second kappa shape index (κ2) is 4.30. The van der Waals surface area contributed by atoms with Crippen LogP contribution in [0.25, 0.3) is 0 Å². The number of ether oxygens (including phenoxy) is 1. The average molecular weight is 218 g/mol. The van der Waals surface area contributed by atoms with E-state index in [1.165, 1.54) is 24.5 Å². The smallest absolute Gasteiger partial charge is 0.358 e. The van der Waals surface area contributed by atoms with Crippen molar-refractivity contribution in [3.05, 3.63) is 36.3 Å². The minimum Gasteiger partial charge on any atom is -0.476 e. The zero-order valence-corrected chi connectivity index (χ0v) is 7.94. The summed E-state index contributed by atoms with van der Waals surface area (Å²) < 4.78 is 5.21. The van der Waals surface area contributed by atoms with Crippen LogP contribution in [-0.4, -0.2) is 31.5 Å². The first-order chi connectivity index (χ1) is 7.77. The average Bonchev–Trinajstić information content (AvgIpc) is 2.31. The van der Waals surface area contributed by atoms with Gasteiger partial charge in [-0.25, -0.2) is 9.78 Å². The Morgan fingerprint density at radius 2 is 2.19 bits per heavy atom. The number of hydrogen-bond donors (Lipinski definition) is 1. The van der Waals surface area contributed by atoms with Crippen LogP contribution in [0.3, 0.4) is 0 Å². The molecule has 0 aliphatic rings. The number of carboxylic acid groups (broad SMARTS) is 1. The molecule has 80 valence electrons. The molecule has 2 aromatic heterocycles. The van der Waals surface area contributed by atoms with Crippen LogP contribution in [0.15, 0.2) is 30.6 Å². The predicted octanol–water partition coefficient (Wildman–Crippen LogP) is 0.757. The summed E-state index contributed by atoms with van der Waals surface area (Å²) in [6.45, 7) is 0. The summed E-state index contributed by atoms with van der Waals surface area (Å²) in [5.74, 6) is -0.904. The molecule has 0 saturated heterocycles. The molecular weight excluding hydrogens is 212 g/mol. The van der Waals surface area contributed by atoms with Crippen molar-refractivity contribution in [2.24, 2.45) is 0 Å². The van der Waals surface area contributed by atoms with E-state index in [0.29, 0.717) is 0 Å². The van der Waals surface area contributed by atoms with Gasteiger partial charge in [-0.15, -0.1) is 5.10 Å². The zero-order valence-electron chi connectivity index (χ0n) is 7.94. The lowest BCUT2D eigenvalue weighted by Gasteiger charge is -2.04. The fourth-order valence-electron chi connectivity index (χ4n) is 1.03. The van der Waals surface area contributed by atoms with Gasteiger partial charge in [0.25, 0.3) is 0 Å². The SMILES string of the molecule is O=C(O)c1ncccc1Oc1ccnnn1. The van der Waals surface area contributed by atoms with Gasteiger partial charge in [0.2, 0.25) is 5.88 Å². The lowest BCUT2D eigenvalue weighted by molar-refractivity contribution is 0.0687. The van der Waals surface area contributed by atoms with E-state index in [9.17, 15) is 4.79 Å². The summed E-state index contributed by atoms with van der Waals surface area (Å²) in [6.07, 6.45) is 2.76. The first kappa shape index (κ1) is 9.97. The number of aromatic nitrogens is 4. The highest BCUT2D eigenvalue weighted by molar-refractivity contribution is 5.88. The monoisotopic (exact) mass is 218 g/mol. The fraction of sp³-hybridized carbons (Fsp3) is 0. The lowest BCUT2D eigenvalue weighted by atomic mass is 10.3. The number of pyridine rings is 1. The predicted molar refractivity (Wildman–Crippen MR) is 51.1 cm³/mol. The third-order valence-corrected chi connectivity index (χ3v) is 1.67. The molecule has 2 aromatic rings. The van der Waals surface area contributed by atoms with E-state index in [1.807, 2.05) is 0 Å². The molecular formula is C9H6N4O3. The normalized spacial score (nSPS) is 9.75. The largest absolute Gasteiger partial charge is 0.476 e. The van der Waals surface area contributed by atoms with Gasteiger partial charge in [-0.3, -0.25) is 0 Å². The van der Waals surface area contributed by atoms with Gasteiger partial charge in [-0.1, -0.05) is 5.10 Å². The van der Waals surface area contributed by atoms with Crippen molar-refractivity contribution in [1.29, 1.82) is 0 Å². The van der Waals surface area contributed by atoms with E-state index in [1.54, 1.807) is 6.07 Å². The number of carbonyl (C=O) groups is 1. The van der Waals surface area contributed by atoms with Crippen molar-refractivity contribution in [3.8, 4) is 11.6 Å². The Bertz CT molecular complexity index is 503. The summed E-state index contributed by atoms with van der Waals surface area (Å²) in [7, 11) is 0. The van der Waals surface area contributed by atoms with Crippen molar-refractivity contribution in [2.45, 2.75) is 0 Å². The molecule has 0 aliphatic heterocycles. The van der Waals surface area contributed by atoms with E-state index in [0.717, 1.165) is 0 Å². The minimum atomic E-state index is -1.17. The van der Waals surface area contributed by atoms with E-state index in [2.05, 4.69) is 20.4 Å². The molecule has 7 heteroatoms. The third-order valence-electron chi connectivity index (χ3n) is 1.67. The Morgan fingerprint density at radius 3 is 2.88 bits per heavy atom. The second-order valence-electron chi connectivity index (χ2n) is 2.72. The van der Waals surface area contributed by atoms with Gasteiger partial charge in [-0.05, 0) is 17.3 Å². The van der Waals surface area contributed by atoms with Crippen LogP contribution in [-0.2, 0) is 0 Å². The second-order valence-corrected chi connectivity index (χ2v) is 2.72. The van der Waals surface area contributed by atoms with Crippen LogP contribution in [0.1, 0.15) is 10.5 Å². The lowest BCUT2D eigenvalue weighted by Crippen LogP contribution is -2.03. The highest BCUT2D eigenvalue weighted by Crippen LogP contribution is 2.20. The van der Waals surface area contributed by atoms with Crippen LogP contribution in [0.2, 0.25) is 0 Å². The summed E-state index contributed by atoms with van der Waals surface area (Å²) in [4.78, 5) is 14.5. The van der Waals surface area contributed by atoms with Gasteiger partial charge >= 0.3 is 5.97 Å². The molecule has 7 nitrogen and oxygen atoms in total. The van der Waals surface area contributed by atoms with E-state index in [4.69, 9.17) is 9.84 Å². The summed E-state index contributed by atoms with van der Waals surface area (Å²) >= 11 is 0. The van der Waals surface area contributed by atoms with Crippen molar-refractivity contribution >= 4 is 5.97 Å². The van der Waals surface area contributed by atoms with E-state index in [-0.39, 0.29) is 17.3 Å². The van der Waals surface area contributed by atoms with E-state index < -0.39 is 5.97 Å². The highest BCUT2D eigenvalue weighted by Gasteiger charge is 2.13. The molecule has 0 amide bonds. The van der Waals surface area contributed by atoms with Gasteiger partial charge < -0.3 is 9.84 Å². The highest BCUT2D eigenvalue weighted by atomic mass is 16.5. The Kier molecular flexibility index (Phi) is 2.68. The summed E-state index contributed by atoms with van der Waals surface area (Å²) in [6, 6.07) is 4.51. The molecule has 16 heavy (non-hydrogen) atoms. The van der Waals surface area contributed by atoms with Crippen molar-refractivity contribution in [1.82, 2.24) is 20.4 Å². The molecule has 0 fully saturated rings. The first-order valence-electron chi connectivity index (χ1n) is 4.28. The number of rotatable bonds is 3. The molecule has 0 spiro atoms. The Balaban J connectivity index is 2.31. The number of carboxylic acids is 1. The Labute approximate surface area is 89.7 Å². The van der Waals surface area contributed by atoms with Crippen LogP contribution >= 0.6 is 0 Å². The third kappa shape index (κ3) is 2.08. The van der Waals surface area contributed by atoms with Crippen LogP contribution in [0.5, 0.6) is 11.6 Å². The van der Waals surface area contributed by atoms with Crippen molar-refractivity contribution < 1.29 is 14.6 Å². The maximum atomic E-state index is 10.8. The molecule has 2 heterocycles. The molecule has 0 aliphatic carbocycles. The standard InChI is InChI=1S/C9H6N4O3/c14-9(15)8-6(2-1-4-10-8)16-7-3-5-11-13-12-7/h1-5H,(H,14,15). The molecule has 0 saturated carbocycles. The Hall–Kier alpha value is -2.57. The summed E-state index contributed by atoms with van der Waals surface area (Å²) in [5.41, 5.74) is -0.180. The minimum absolute atomic E-state index is 0.107. The van der Waals surface area contributed by atoms with Gasteiger partial charge in [0, 0.05) is 12.3 Å². The molecule has 2 rings (SSSR count). The zero-order chi connectivity index (χ0) is 11.4. The van der Waals surface area contributed by atoms with Gasteiger partial charge in [0.15, 0.2) is 11.4 Å². The fourth-order valence-corrected chi connectivity index (χ4v) is 1.03. The molecule has 1 N–H and O–H groups in total. The van der Waals surface area contributed by atoms with Crippen molar-refractivity contribution in [2.75, 3.05) is 0 Å². The maximum Gasteiger partial charge on any atom is 0.358 e. The van der Waals surface area contributed by atoms with Gasteiger partial charge in [0.05, 0.1) is 6.20 Å². The van der Waals surface area contributed by atoms with Crippen LogP contribution in [0.4, 0.5) is 0 Å². The molecule has 0 unspecified atom stereocenters. The first-order valence-corrected chi connectivity index (χ1v) is 4.28. The quantitative estimate of drug-likeness (QED) is 0.811. The molecule has 0 radical (unpaired) electrons. The summed E-state index contributed by atoms with van der Waals surface area (Å²) in [5, 5.41) is 19.3. The van der Waals surface area contributed by atoms with Gasteiger partial charge in [-0.2, -0.15) is 0 Å². The molecule has 0 atom stereocenters.